The van der Waals surface area contributed by atoms with Crippen molar-refractivity contribution in [2.24, 2.45) is 0 Å². The molecule has 5 heteroatoms. The molecule has 2 N–H and O–H groups in total. The molecular formula is C14H17IN2O2. The molecule has 0 aliphatic carbocycles. The molecule has 2 rings (SSSR count). The molecule has 0 fully saturated rings. The first kappa shape index (κ1) is 15.7. The molecule has 0 radical (unpaired) electrons. The summed E-state index contributed by atoms with van der Waals surface area (Å²) in [6, 6.07) is 5.28. The Morgan fingerprint density at radius 3 is 1.95 bits per heavy atom. The number of halogens is 1. The highest BCUT2D eigenvalue weighted by atomic mass is 127. The molecule has 2 aromatic rings. The van der Waals surface area contributed by atoms with Crippen molar-refractivity contribution in [3.63, 3.8) is 0 Å². The molecule has 0 aliphatic rings. The van der Waals surface area contributed by atoms with Crippen LogP contribution < -0.4 is 0 Å². The minimum Gasteiger partial charge on any atom is -0.506 e. The van der Waals surface area contributed by atoms with Crippen LogP contribution in [-0.2, 0) is 0 Å². The molecule has 0 atom stereocenters. The number of aromatic hydroxyl groups is 2. The van der Waals surface area contributed by atoms with Crippen molar-refractivity contribution in [2.75, 3.05) is 0 Å². The van der Waals surface area contributed by atoms with Gasteiger partial charge in [-0.15, -0.1) is 0 Å². The molecule has 2 aromatic heterocycles. The summed E-state index contributed by atoms with van der Waals surface area (Å²) in [6.45, 7) is 7.38. The van der Waals surface area contributed by atoms with E-state index in [0.29, 0.717) is 17.1 Å². The lowest BCUT2D eigenvalue weighted by molar-refractivity contribution is 0.463. The maximum atomic E-state index is 9.26. The summed E-state index contributed by atoms with van der Waals surface area (Å²) in [7, 11) is 0. The van der Waals surface area contributed by atoms with E-state index in [1.807, 2.05) is 19.9 Å². The Labute approximate surface area is 126 Å². The zero-order valence-electron chi connectivity index (χ0n) is 11.4. The van der Waals surface area contributed by atoms with Gasteiger partial charge in [0.15, 0.2) is 0 Å². The van der Waals surface area contributed by atoms with Crippen LogP contribution in [-0.4, -0.2) is 20.2 Å². The lowest BCUT2D eigenvalue weighted by Crippen LogP contribution is -1.88. The number of nitrogens with zero attached hydrogens (tertiary/aromatic N) is 2. The minimum atomic E-state index is 0.264. The quantitative estimate of drug-likeness (QED) is 0.696. The second-order valence-electron chi connectivity index (χ2n) is 4.24. The summed E-state index contributed by atoms with van der Waals surface area (Å²) in [5, 5.41) is 18.2. The van der Waals surface area contributed by atoms with E-state index in [0.717, 1.165) is 15.0 Å². The van der Waals surface area contributed by atoms with Crippen LogP contribution in [0.4, 0.5) is 0 Å². The maximum Gasteiger partial charge on any atom is 0.150 e. The van der Waals surface area contributed by atoms with E-state index in [-0.39, 0.29) is 5.75 Å². The van der Waals surface area contributed by atoms with Crippen molar-refractivity contribution in [1.82, 2.24) is 9.97 Å². The summed E-state index contributed by atoms with van der Waals surface area (Å²) in [5.74, 6) is 0.562. The minimum absolute atomic E-state index is 0.264. The van der Waals surface area contributed by atoms with Crippen molar-refractivity contribution in [3.05, 3.63) is 44.5 Å². The Hall–Kier alpha value is -1.37. The summed E-state index contributed by atoms with van der Waals surface area (Å²) in [5.41, 5.74) is 3.27. The van der Waals surface area contributed by atoms with E-state index >= 15 is 0 Å². The predicted molar refractivity (Wildman–Crippen MR) is 83.5 cm³/mol. The Bertz CT molecular complexity index is 563. The van der Waals surface area contributed by atoms with E-state index in [9.17, 15) is 5.11 Å². The predicted octanol–water partition coefficient (Wildman–Crippen LogP) is 3.41. The topological polar surface area (TPSA) is 66.2 Å². The molecule has 0 spiro atoms. The normalized spacial score (nSPS) is 9.74. The van der Waals surface area contributed by atoms with Gasteiger partial charge in [0.1, 0.15) is 11.5 Å². The summed E-state index contributed by atoms with van der Waals surface area (Å²) >= 11 is 2.09. The van der Waals surface area contributed by atoms with Gasteiger partial charge in [-0.25, -0.2) is 0 Å². The molecule has 2 heterocycles. The van der Waals surface area contributed by atoms with Gasteiger partial charge >= 0.3 is 0 Å². The van der Waals surface area contributed by atoms with Crippen molar-refractivity contribution >= 4 is 22.6 Å². The molecule has 0 amide bonds. The molecule has 102 valence electrons. The zero-order valence-corrected chi connectivity index (χ0v) is 13.6. The van der Waals surface area contributed by atoms with E-state index in [1.54, 1.807) is 26.0 Å². The second kappa shape index (κ2) is 6.70. The first-order valence-corrected chi connectivity index (χ1v) is 6.85. The molecule has 0 aromatic carbocycles. The van der Waals surface area contributed by atoms with E-state index < -0.39 is 0 Å². The third-order valence-corrected chi connectivity index (χ3v) is 3.27. The standard InChI is InChI=1S/C7H8INO.C7H9NO/c1-4-3-6(8)7(10)5(2)9-4;1-5-3-4-7(9)6(2)8-5/h3,10H,1-2H3;3-4,9H,1-2H3. The number of aryl methyl sites for hydroxylation is 4. The fourth-order valence-electron chi connectivity index (χ4n) is 1.45. The van der Waals surface area contributed by atoms with E-state index in [4.69, 9.17) is 5.11 Å². The third kappa shape index (κ3) is 4.66. The fourth-order valence-corrected chi connectivity index (χ4v) is 2.29. The smallest absolute Gasteiger partial charge is 0.150 e. The number of hydrogen-bond donors (Lipinski definition) is 2. The third-order valence-electron chi connectivity index (χ3n) is 2.45. The highest BCUT2D eigenvalue weighted by Crippen LogP contribution is 2.22. The maximum absolute atomic E-state index is 9.26. The Morgan fingerprint density at radius 1 is 0.895 bits per heavy atom. The molecule has 0 aliphatic heterocycles. The lowest BCUT2D eigenvalue weighted by atomic mass is 10.3. The average molecular weight is 372 g/mol. The van der Waals surface area contributed by atoms with Gasteiger partial charge in [-0.3, -0.25) is 9.97 Å². The zero-order chi connectivity index (χ0) is 14.6. The highest BCUT2D eigenvalue weighted by molar-refractivity contribution is 14.1. The SMILES string of the molecule is Cc1cc(I)c(O)c(C)n1.Cc1ccc(O)c(C)n1. The number of pyridine rings is 2. The molecule has 19 heavy (non-hydrogen) atoms. The van der Waals surface area contributed by atoms with Crippen LogP contribution in [0, 0.1) is 31.3 Å². The van der Waals surface area contributed by atoms with Crippen molar-refractivity contribution < 1.29 is 10.2 Å². The summed E-state index contributed by atoms with van der Waals surface area (Å²) < 4.78 is 0.864. The van der Waals surface area contributed by atoms with Crippen LogP contribution in [0.15, 0.2) is 18.2 Å². The number of rotatable bonds is 0. The van der Waals surface area contributed by atoms with Crippen molar-refractivity contribution in [2.45, 2.75) is 27.7 Å². The van der Waals surface area contributed by atoms with Crippen LogP contribution in [0.5, 0.6) is 11.5 Å². The van der Waals surface area contributed by atoms with Crippen LogP contribution in [0.1, 0.15) is 22.8 Å². The van der Waals surface area contributed by atoms with Gasteiger partial charge < -0.3 is 10.2 Å². The molecule has 0 unspecified atom stereocenters. The Balaban J connectivity index is 0.000000191. The van der Waals surface area contributed by atoms with Crippen molar-refractivity contribution in [3.8, 4) is 11.5 Å². The monoisotopic (exact) mass is 372 g/mol. The molecule has 0 bridgehead atoms. The highest BCUT2D eigenvalue weighted by Gasteiger charge is 2.02. The van der Waals surface area contributed by atoms with Crippen molar-refractivity contribution in [1.29, 1.82) is 0 Å². The second-order valence-corrected chi connectivity index (χ2v) is 5.40. The van der Waals surface area contributed by atoms with Gasteiger partial charge in [0.25, 0.3) is 0 Å². The van der Waals surface area contributed by atoms with Crippen LogP contribution in [0.3, 0.4) is 0 Å². The number of hydrogen-bond acceptors (Lipinski definition) is 4. The Kier molecular flexibility index (Phi) is 5.53. The van der Waals surface area contributed by atoms with Gasteiger partial charge in [0, 0.05) is 11.4 Å². The first-order chi connectivity index (χ1) is 8.81. The van der Waals surface area contributed by atoms with Gasteiger partial charge in [0.05, 0.1) is 15.0 Å². The first-order valence-electron chi connectivity index (χ1n) is 5.77. The van der Waals surface area contributed by atoms with Crippen LogP contribution >= 0.6 is 22.6 Å². The van der Waals surface area contributed by atoms with Gasteiger partial charge in [-0.2, -0.15) is 0 Å². The molecule has 0 saturated heterocycles. The summed E-state index contributed by atoms with van der Waals surface area (Å²) in [6.07, 6.45) is 0. The lowest BCUT2D eigenvalue weighted by Gasteiger charge is -2.00. The summed E-state index contributed by atoms with van der Waals surface area (Å²) in [4.78, 5) is 8.10. The van der Waals surface area contributed by atoms with Gasteiger partial charge in [-0.1, -0.05) is 0 Å². The largest absolute Gasteiger partial charge is 0.506 e. The number of aromatic nitrogens is 2. The average Bonchev–Trinajstić information content (AvgIpc) is 2.32. The van der Waals surface area contributed by atoms with Gasteiger partial charge in [0.2, 0.25) is 0 Å². The van der Waals surface area contributed by atoms with E-state index in [2.05, 4.69) is 32.6 Å². The molecule has 4 nitrogen and oxygen atoms in total. The van der Waals surface area contributed by atoms with Crippen LogP contribution in [0.25, 0.3) is 0 Å². The molecule has 0 saturated carbocycles. The van der Waals surface area contributed by atoms with Crippen LogP contribution in [0.2, 0.25) is 0 Å². The fraction of sp³-hybridized carbons (Fsp3) is 0.286. The molecular weight excluding hydrogens is 355 g/mol. The van der Waals surface area contributed by atoms with E-state index in [1.165, 1.54) is 0 Å². The van der Waals surface area contributed by atoms with Gasteiger partial charge in [-0.05, 0) is 68.5 Å². The Morgan fingerprint density at radius 2 is 1.47 bits per heavy atom.